The summed E-state index contributed by atoms with van der Waals surface area (Å²) < 4.78 is 42.2. The molecule has 0 N–H and O–H groups in total. The molecule has 0 radical (unpaired) electrons. The lowest BCUT2D eigenvalue weighted by Gasteiger charge is -2.19. The molecule has 0 fully saturated rings. The van der Waals surface area contributed by atoms with Crippen LogP contribution in [0.2, 0.25) is 0 Å². The Kier molecular flexibility index (Phi) is 9.58. The fraction of sp³-hybridized carbons (Fsp3) is 0.154. The minimum atomic E-state index is -0.347. The summed E-state index contributed by atoms with van der Waals surface area (Å²) in [5.74, 6) is 2.21. The van der Waals surface area contributed by atoms with Gasteiger partial charge in [-0.15, -0.1) is 0 Å². The van der Waals surface area contributed by atoms with E-state index in [1.54, 1.807) is 6.07 Å². The molecule has 0 atom stereocenters. The average Bonchev–Trinajstić information content (AvgIpc) is 3.12. The SMILES string of the molecule is COc1c(OCc2ccccc2)c(OC)c2c(=O)cc(-c3ccc(OCc4ccccc4)c(OCc4ccccc4)c3)oc2c1OC. The Bertz CT molecular complexity index is 2010. The molecule has 0 saturated carbocycles. The zero-order valence-corrected chi connectivity index (χ0v) is 26.4. The molecule has 0 aliphatic rings. The monoisotopic (exact) mass is 630 g/mol. The molecular formula is C39H34O8. The van der Waals surface area contributed by atoms with E-state index in [-0.39, 0.29) is 46.0 Å². The van der Waals surface area contributed by atoms with E-state index < -0.39 is 0 Å². The van der Waals surface area contributed by atoms with Gasteiger partial charge < -0.3 is 32.8 Å². The summed E-state index contributed by atoms with van der Waals surface area (Å²) in [6.45, 7) is 0.899. The van der Waals surface area contributed by atoms with E-state index in [2.05, 4.69) is 0 Å². The number of methoxy groups -OCH3 is 3. The van der Waals surface area contributed by atoms with Gasteiger partial charge in [-0.3, -0.25) is 4.79 Å². The molecule has 6 aromatic rings. The molecule has 0 amide bonds. The lowest BCUT2D eigenvalue weighted by molar-refractivity contribution is 0.256. The zero-order valence-electron chi connectivity index (χ0n) is 26.4. The van der Waals surface area contributed by atoms with Crippen LogP contribution in [0.25, 0.3) is 22.3 Å². The molecule has 1 aromatic heterocycles. The van der Waals surface area contributed by atoms with Crippen molar-refractivity contribution in [3.05, 3.63) is 142 Å². The van der Waals surface area contributed by atoms with Crippen LogP contribution in [-0.2, 0) is 19.8 Å². The van der Waals surface area contributed by atoms with Gasteiger partial charge in [0.1, 0.15) is 31.0 Å². The van der Waals surface area contributed by atoms with Crippen LogP contribution in [0.5, 0.6) is 34.5 Å². The minimum absolute atomic E-state index is 0.159. The first-order valence-electron chi connectivity index (χ1n) is 15.0. The normalized spacial score (nSPS) is 10.8. The summed E-state index contributed by atoms with van der Waals surface area (Å²) in [7, 11) is 4.44. The molecule has 47 heavy (non-hydrogen) atoms. The van der Waals surface area contributed by atoms with Crippen LogP contribution in [-0.4, -0.2) is 21.3 Å². The third-order valence-electron chi connectivity index (χ3n) is 7.54. The number of fused-ring (bicyclic) bond motifs is 1. The molecule has 5 aromatic carbocycles. The molecule has 0 spiro atoms. The second-order valence-electron chi connectivity index (χ2n) is 10.6. The van der Waals surface area contributed by atoms with E-state index in [0.717, 1.165) is 16.7 Å². The maximum Gasteiger partial charge on any atom is 0.211 e. The summed E-state index contributed by atoms with van der Waals surface area (Å²) in [5.41, 5.74) is 3.36. The summed E-state index contributed by atoms with van der Waals surface area (Å²) >= 11 is 0. The number of rotatable bonds is 13. The molecular weight excluding hydrogens is 596 g/mol. The second kappa shape index (κ2) is 14.5. The van der Waals surface area contributed by atoms with Gasteiger partial charge in [-0.25, -0.2) is 0 Å². The Labute approximate surface area is 272 Å². The third kappa shape index (κ3) is 6.87. The highest BCUT2D eigenvalue weighted by Crippen LogP contribution is 2.51. The van der Waals surface area contributed by atoms with Crippen molar-refractivity contribution in [3.8, 4) is 45.8 Å². The lowest BCUT2D eigenvalue weighted by atomic mass is 10.1. The standard InChI is InChI=1S/C39H34O8/c1-41-35-34-30(40)22-32(47-36(34)37(42-2)38(43-3)39(35)46-25-28-17-11-6-12-18-28)29-19-20-31(44-23-26-13-7-4-8-14-26)33(21-29)45-24-27-15-9-5-10-16-27/h4-22H,23-25H2,1-3H3. The van der Waals surface area contributed by atoms with Crippen LogP contribution >= 0.6 is 0 Å². The topological polar surface area (TPSA) is 85.6 Å². The minimum Gasteiger partial charge on any atom is -0.492 e. The van der Waals surface area contributed by atoms with Crippen LogP contribution in [0.3, 0.4) is 0 Å². The Morgan fingerprint density at radius 1 is 0.511 bits per heavy atom. The number of ether oxygens (including phenoxy) is 6. The zero-order chi connectivity index (χ0) is 32.6. The summed E-state index contributed by atoms with van der Waals surface area (Å²) in [6.07, 6.45) is 0. The quantitative estimate of drug-likeness (QED) is 0.126. The second-order valence-corrected chi connectivity index (χ2v) is 10.6. The molecule has 1 heterocycles. The van der Waals surface area contributed by atoms with E-state index in [1.807, 2.05) is 103 Å². The van der Waals surface area contributed by atoms with Gasteiger partial charge in [-0.2, -0.15) is 0 Å². The van der Waals surface area contributed by atoms with Gasteiger partial charge in [0.25, 0.3) is 0 Å². The first-order chi connectivity index (χ1) is 23.1. The summed E-state index contributed by atoms with van der Waals surface area (Å²) in [6, 6.07) is 36.2. The fourth-order valence-corrected chi connectivity index (χ4v) is 5.22. The molecule has 0 aliphatic heterocycles. The Hall–Kier alpha value is -5.89. The highest BCUT2D eigenvalue weighted by atomic mass is 16.6. The van der Waals surface area contributed by atoms with E-state index in [1.165, 1.54) is 27.4 Å². The Morgan fingerprint density at radius 2 is 1.02 bits per heavy atom. The Morgan fingerprint density at radius 3 is 1.55 bits per heavy atom. The predicted molar refractivity (Wildman–Crippen MR) is 180 cm³/mol. The largest absolute Gasteiger partial charge is 0.492 e. The van der Waals surface area contributed by atoms with Crippen molar-refractivity contribution < 1.29 is 32.8 Å². The van der Waals surface area contributed by atoms with Gasteiger partial charge in [-0.1, -0.05) is 91.0 Å². The Balaban J connectivity index is 1.41. The first kappa shape index (κ1) is 31.1. The van der Waals surface area contributed by atoms with Crippen molar-refractivity contribution in [3.63, 3.8) is 0 Å². The molecule has 0 saturated heterocycles. The van der Waals surface area contributed by atoms with Crippen molar-refractivity contribution in [1.82, 2.24) is 0 Å². The van der Waals surface area contributed by atoms with Crippen LogP contribution in [0.1, 0.15) is 16.7 Å². The average molecular weight is 631 g/mol. The van der Waals surface area contributed by atoms with E-state index in [9.17, 15) is 4.79 Å². The number of benzene rings is 5. The van der Waals surface area contributed by atoms with Gasteiger partial charge in [0.2, 0.25) is 17.2 Å². The van der Waals surface area contributed by atoms with Crippen LogP contribution in [0.4, 0.5) is 0 Å². The van der Waals surface area contributed by atoms with Crippen molar-refractivity contribution in [2.45, 2.75) is 19.8 Å². The first-order valence-corrected chi connectivity index (χ1v) is 15.0. The number of hydrogen-bond donors (Lipinski definition) is 0. The molecule has 0 bridgehead atoms. The van der Waals surface area contributed by atoms with E-state index >= 15 is 0 Å². The van der Waals surface area contributed by atoms with Crippen LogP contribution in [0, 0.1) is 0 Å². The third-order valence-corrected chi connectivity index (χ3v) is 7.54. The van der Waals surface area contributed by atoms with Crippen molar-refractivity contribution in [1.29, 1.82) is 0 Å². The highest BCUT2D eigenvalue weighted by molar-refractivity contribution is 5.95. The van der Waals surface area contributed by atoms with Gasteiger partial charge in [0.05, 0.1) is 21.3 Å². The molecule has 6 rings (SSSR count). The smallest absolute Gasteiger partial charge is 0.211 e. The van der Waals surface area contributed by atoms with Gasteiger partial charge in [-0.05, 0) is 34.9 Å². The van der Waals surface area contributed by atoms with Gasteiger partial charge in [0.15, 0.2) is 28.3 Å². The fourth-order valence-electron chi connectivity index (χ4n) is 5.22. The summed E-state index contributed by atoms with van der Waals surface area (Å²) in [4.78, 5) is 13.8. The molecule has 8 heteroatoms. The van der Waals surface area contributed by atoms with Crippen molar-refractivity contribution in [2.75, 3.05) is 21.3 Å². The van der Waals surface area contributed by atoms with Crippen LogP contribution < -0.4 is 33.8 Å². The maximum absolute atomic E-state index is 13.8. The van der Waals surface area contributed by atoms with Crippen LogP contribution in [0.15, 0.2) is 124 Å². The molecule has 0 unspecified atom stereocenters. The molecule has 0 aliphatic carbocycles. The maximum atomic E-state index is 13.8. The van der Waals surface area contributed by atoms with Gasteiger partial charge in [0, 0.05) is 11.6 Å². The highest BCUT2D eigenvalue weighted by Gasteiger charge is 2.28. The number of hydrogen-bond acceptors (Lipinski definition) is 8. The summed E-state index contributed by atoms with van der Waals surface area (Å²) in [5, 5.41) is 0.167. The molecule has 238 valence electrons. The van der Waals surface area contributed by atoms with Crippen molar-refractivity contribution in [2.24, 2.45) is 0 Å². The van der Waals surface area contributed by atoms with Crippen molar-refractivity contribution >= 4 is 11.0 Å². The van der Waals surface area contributed by atoms with Gasteiger partial charge >= 0.3 is 0 Å². The molecule has 8 nitrogen and oxygen atoms in total. The van der Waals surface area contributed by atoms with E-state index in [0.29, 0.717) is 36.0 Å². The lowest BCUT2D eigenvalue weighted by Crippen LogP contribution is -2.08. The predicted octanol–water partition coefficient (Wildman–Crippen LogP) is 8.22. The van der Waals surface area contributed by atoms with E-state index in [4.69, 9.17) is 32.8 Å².